The van der Waals surface area contributed by atoms with E-state index >= 15 is 0 Å². The van der Waals surface area contributed by atoms with E-state index in [1.54, 1.807) is 24.3 Å². The number of aromatic nitrogens is 1. The molecule has 1 heterocycles. The molecule has 0 fully saturated rings. The van der Waals surface area contributed by atoms with Gasteiger partial charge in [0.15, 0.2) is 0 Å². The number of esters is 1. The maximum atomic E-state index is 12.4. The van der Waals surface area contributed by atoms with Crippen molar-refractivity contribution in [2.45, 2.75) is 13.3 Å². The first-order chi connectivity index (χ1) is 13.0. The van der Waals surface area contributed by atoms with Gasteiger partial charge in [0.05, 0.1) is 24.8 Å². The van der Waals surface area contributed by atoms with Crippen LogP contribution in [0.3, 0.4) is 0 Å². The number of rotatable bonds is 5. The van der Waals surface area contributed by atoms with Crippen LogP contribution in [-0.2, 0) is 16.0 Å². The van der Waals surface area contributed by atoms with Gasteiger partial charge in [-0.05, 0) is 36.8 Å². The van der Waals surface area contributed by atoms with E-state index in [1.165, 1.54) is 18.4 Å². The average Bonchev–Trinajstić information content (AvgIpc) is 3.11. The van der Waals surface area contributed by atoms with Crippen LogP contribution in [0.5, 0.6) is 0 Å². The summed E-state index contributed by atoms with van der Waals surface area (Å²) in [4.78, 5) is 28.6. The highest BCUT2D eigenvalue weighted by atomic mass is 35.5. The lowest BCUT2D eigenvalue weighted by molar-refractivity contribution is -0.115. The molecule has 1 N–H and O–H groups in total. The number of nitrogens with one attached hydrogen (secondary N) is 1. The molecule has 0 bridgehead atoms. The number of ether oxygens (including phenoxy) is 1. The summed E-state index contributed by atoms with van der Waals surface area (Å²) in [6, 6.07) is 12.5. The molecule has 3 rings (SSSR count). The van der Waals surface area contributed by atoms with E-state index in [4.69, 9.17) is 16.3 Å². The number of hydrogen-bond acceptors (Lipinski definition) is 5. The van der Waals surface area contributed by atoms with Crippen molar-refractivity contribution >= 4 is 40.5 Å². The van der Waals surface area contributed by atoms with Crippen molar-refractivity contribution in [2.24, 2.45) is 0 Å². The summed E-state index contributed by atoms with van der Waals surface area (Å²) in [7, 11) is 1.32. The monoisotopic (exact) mass is 400 g/mol. The van der Waals surface area contributed by atoms with Gasteiger partial charge in [-0.3, -0.25) is 4.79 Å². The molecule has 0 unspecified atom stereocenters. The molecule has 5 nitrogen and oxygen atoms in total. The number of anilines is 1. The number of hydrogen-bond donors (Lipinski definition) is 1. The lowest BCUT2D eigenvalue weighted by Gasteiger charge is -2.09. The van der Waals surface area contributed by atoms with Crippen molar-refractivity contribution < 1.29 is 14.3 Å². The van der Waals surface area contributed by atoms with Crippen LogP contribution in [0.1, 0.15) is 21.6 Å². The molecule has 1 aromatic heterocycles. The largest absolute Gasteiger partial charge is 0.465 e. The molecule has 27 heavy (non-hydrogen) atoms. The Bertz CT molecular complexity index is 1000. The highest BCUT2D eigenvalue weighted by molar-refractivity contribution is 7.13. The third-order valence-corrected chi connectivity index (χ3v) is 5.07. The van der Waals surface area contributed by atoms with Crippen molar-refractivity contribution in [3.8, 4) is 10.6 Å². The molecule has 0 atom stereocenters. The highest BCUT2D eigenvalue weighted by Gasteiger charge is 2.13. The Balaban J connectivity index is 1.71. The Morgan fingerprint density at radius 1 is 1.22 bits per heavy atom. The number of aryl methyl sites for hydroxylation is 1. The molecule has 0 aliphatic heterocycles. The zero-order valence-electron chi connectivity index (χ0n) is 14.8. The van der Waals surface area contributed by atoms with Gasteiger partial charge >= 0.3 is 5.97 Å². The Hall–Kier alpha value is -2.70. The smallest absolute Gasteiger partial charge is 0.337 e. The van der Waals surface area contributed by atoms with Gasteiger partial charge in [0.2, 0.25) is 5.91 Å². The minimum atomic E-state index is -0.448. The van der Waals surface area contributed by atoms with Crippen LogP contribution in [0, 0.1) is 6.92 Å². The summed E-state index contributed by atoms with van der Waals surface area (Å²) in [5.74, 6) is -0.653. The highest BCUT2D eigenvalue weighted by Crippen LogP contribution is 2.26. The Morgan fingerprint density at radius 2 is 2.04 bits per heavy atom. The molecule has 0 saturated heterocycles. The molecular weight excluding hydrogens is 384 g/mol. The normalized spacial score (nSPS) is 10.5. The summed E-state index contributed by atoms with van der Waals surface area (Å²) in [6.07, 6.45) is 0.138. The number of amides is 1. The average molecular weight is 401 g/mol. The van der Waals surface area contributed by atoms with E-state index in [9.17, 15) is 9.59 Å². The van der Waals surface area contributed by atoms with Gasteiger partial charge in [-0.2, -0.15) is 0 Å². The summed E-state index contributed by atoms with van der Waals surface area (Å²) in [5, 5.41) is 6.14. The molecule has 0 spiro atoms. The van der Waals surface area contributed by atoms with Crippen LogP contribution in [-0.4, -0.2) is 24.0 Å². The number of benzene rings is 2. The second-order valence-corrected chi connectivity index (χ2v) is 7.20. The molecular formula is C20H17ClN2O3S. The van der Waals surface area contributed by atoms with Crippen LogP contribution in [0.25, 0.3) is 10.6 Å². The minimum absolute atomic E-state index is 0.138. The lowest BCUT2D eigenvalue weighted by atomic mass is 10.1. The van der Waals surface area contributed by atoms with E-state index in [-0.39, 0.29) is 12.3 Å². The van der Waals surface area contributed by atoms with Crippen molar-refractivity contribution in [1.29, 1.82) is 0 Å². The van der Waals surface area contributed by atoms with E-state index in [0.717, 1.165) is 16.1 Å². The number of carbonyl (C=O) groups excluding carboxylic acids is 2. The van der Waals surface area contributed by atoms with Crippen molar-refractivity contribution in [3.05, 3.63) is 69.7 Å². The minimum Gasteiger partial charge on any atom is -0.465 e. The maximum Gasteiger partial charge on any atom is 0.337 e. The third kappa shape index (κ3) is 4.72. The molecule has 7 heteroatoms. The third-order valence-electron chi connectivity index (χ3n) is 3.90. The SMILES string of the molecule is COC(=O)c1ccc(C)c(NC(=O)Cc2csc(-c3cccc(Cl)c3)n2)c1. The van der Waals surface area contributed by atoms with Gasteiger partial charge in [-0.1, -0.05) is 29.8 Å². The molecule has 3 aromatic rings. The lowest BCUT2D eigenvalue weighted by Crippen LogP contribution is -2.16. The molecule has 0 radical (unpaired) electrons. The molecule has 0 saturated carbocycles. The summed E-state index contributed by atoms with van der Waals surface area (Å²) >= 11 is 7.48. The number of carbonyl (C=O) groups is 2. The quantitative estimate of drug-likeness (QED) is 0.628. The fourth-order valence-corrected chi connectivity index (χ4v) is 3.51. The van der Waals surface area contributed by atoms with Crippen LogP contribution in [0.2, 0.25) is 5.02 Å². The molecule has 138 valence electrons. The van der Waals surface area contributed by atoms with Gasteiger partial charge in [0.1, 0.15) is 5.01 Å². The van der Waals surface area contributed by atoms with Gasteiger partial charge in [-0.25, -0.2) is 9.78 Å². The zero-order valence-corrected chi connectivity index (χ0v) is 16.4. The standard InChI is InChI=1S/C20H17ClN2O3S/c1-12-6-7-14(20(25)26-2)9-17(12)23-18(24)10-16-11-27-19(22-16)13-4-3-5-15(21)8-13/h3-9,11H,10H2,1-2H3,(H,23,24). The molecule has 0 aliphatic rings. The van der Waals surface area contributed by atoms with Crippen LogP contribution < -0.4 is 5.32 Å². The van der Waals surface area contributed by atoms with Crippen molar-refractivity contribution in [2.75, 3.05) is 12.4 Å². The first kappa shape index (κ1) is 19.1. The molecule has 1 amide bonds. The van der Waals surface area contributed by atoms with Crippen LogP contribution in [0.15, 0.2) is 47.8 Å². The van der Waals surface area contributed by atoms with Crippen LogP contribution >= 0.6 is 22.9 Å². The number of methoxy groups -OCH3 is 1. The second kappa shape index (κ2) is 8.33. The Morgan fingerprint density at radius 3 is 2.78 bits per heavy atom. The van der Waals surface area contributed by atoms with Crippen LogP contribution in [0.4, 0.5) is 5.69 Å². The van der Waals surface area contributed by atoms with E-state index in [0.29, 0.717) is 22.0 Å². The zero-order chi connectivity index (χ0) is 19.4. The van der Waals surface area contributed by atoms with Crippen molar-refractivity contribution in [1.82, 2.24) is 4.98 Å². The van der Waals surface area contributed by atoms with E-state index < -0.39 is 5.97 Å². The number of thiazole rings is 1. The van der Waals surface area contributed by atoms with Gasteiger partial charge in [0, 0.05) is 21.7 Å². The summed E-state index contributed by atoms with van der Waals surface area (Å²) in [5.41, 5.74) is 3.41. The number of nitrogens with zero attached hydrogens (tertiary/aromatic N) is 1. The first-order valence-corrected chi connectivity index (χ1v) is 9.41. The van der Waals surface area contributed by atoms with E-state index in [1.807, 2.05) is 30.5 Å². The number of halogens is 1. The predicted molar refractivity (Wildman–Crippen MR) is 107 cm³/mol. The second-order valence-electron chi connectivity index (χ2n) is 5.90. The fourth-order valence-electron chi connectivity index (χ4n) is 2.50. The fraction of sp³-hybridized carbons (Fsp3) is 0.150. The first-order valence-electron chi connectivity index (χ1n) is 8.15. The predicted octanol–water partition coefficient (Wildman–Crippen LogP) is 4.74. The van der Waals surface area contributed by atoms with Gasteiger partial charge in [0.25, 0.3) is 0 Å². The maximum absolute atomic E-state index is 12.4. The van der Waals surface area contributed by atoms with E-state index in [2.05, 4.69) is 10.3 Å². The Kier molecular flexibility index (Phi) is 5.88. The Labute approximate surface area is 166 Å². The van der Waals surface area contributed by atoms with Gasteiger partial charge in [-0.15, -0.1) is 11.3 Å². The molecule has 0 aliphatic carbocycles. The van der Waals surface area contributed by atoms with Crippen molar-refractivity contribution in [3.63, 3.8) is 0 Å². The topological polar surface area (TPSA) is 68.3 Å². The van der Waals surface area contributed by atoms with Gasteiger partial charge < -0.3 is 10.1 Å². The summed E-state index contributed by atoms with van der Waals surface area (Å²) < 4.78 is 4.72. The summed E-state index contributed by atoms with van der Waals surface area (Å²) in [6.45, 7) is 1.86. The molecule has 2 aromatic carbocycles.